The van der Waals surface area contributed by atoms with Crippen molar-refractivity contribution in [1.29, 1.82) is 0 Å². The fourth-order valence-electron chi connectivity index (χ4n) is 4.52. The molecular formula is C26H22ClF3N4O3S. The lowest BCUT2D eigenvalue weighted by Crippen LogP contribution is -2.18. The molecule has 1 N–H and O–H groups in total. The first kappa shape index (κ1) is 26.2. The van der Waals surface area contributed by atoms with Gasteiger partial charge in [0.15, 0.2) is 17.0 Å². The molecule has 0 fully saturated rings. The number of alkyl halides is 3. The van der Waals surface area contributed by atoms with Crippen molar-refractivity contribution in [2.24, 2.45) is 5.92 Å². The minimum absolute atomic E-state index is 0.0313. The molecule has 0 aliphatic heterocycles. The minimum atomic E-state index is -4.80. The van der Waals surface area contributed by atoms with Crippen LogP contribution in [0.25, 0.3) is 16.9 Å². The summed E-state index contributed by atoms with van der Waals surface area (Å²) in [6, 6.07) is 9.18. The zero-order valence-electron chi connectivity index (χ0n) is 20.4. The van der Waals surface area contributed by atoms with Crippen molar-refractivity contribution < 1.29 is 27.5 Å². The molecular weight excluding hydrogens is 541 g/mol. The lowest BCUT2D eigenvalue weighted by molar-refractivity contribution is -0.142. The van der Waals surface area contributed by atoms with Crippen LogP contribution in [0.5, 0.6) is 0 Å². The molecule has 0 radical (unpaired) electrons. The van der Waals surface area contributed by atoms with Gasteiger partial charge in [0.1, 0.15) is 10.0 Å². The van der Waals surface area contributed by atoms with Gasteiger partial charge in [-0.15, -0.1) is 11.3 Å². The van der Waals surface area contributed by atoms with Gasteiger partial charge in [0.2, 0.25) is 0 Å². The molecule has 12 heteroatoms. The number of rotatable bonds is 5. The molecule has 0 unspecified atom stereocenters. The average molecular weight is 563 g/mol. The summed E-state index contributed by atoms with van der Waals surface area (Å²) in [6.45, 7) is 3.94. The number of nitrogens with one attached hydrogen (secondary N) is 1. The zero-order valence-corrected chi connectivity index (χ0v) is 21.9. The van der Waals surface area contributed by atoms with Crippen LogP contribution in [0.3, 0.4) is 0 Å². The maximum atomic E-state index is 14.0. The van der Waals surface area contributed by atoms with Gasteiger partial charge in [0.05, 0.1) is 17.9 Å². The zero-order chi connectivity index (χ0) is 27.2. The fraction of sp³-hybridized carbons (Fsp3) is 0.308. The Morgan fingerprint density at radius 3 is 2.68 bits per heavy atom. The summed E-state index contributed by atoms with van der Waals surface area (Å²) in [5.74, 6) is -1.00. The third kappa shape index (κ3) is 4.76. The number of anilines is 1. The van der Waals surface area contributed by atoms with E-state index < -0.39 is 29.4 Å². The van der Waals surface area contributed by atoms with E-state index in [-0.39, 0.29) is 33.5 Å². The number of thiophene rings is 1. The number of benzene rings is 1. The van der Waals surface area contributed by atoms with Gasteiger partial charge in [-0.2, -0.15) is 18.3 Å². The third-order valence-corrected chi connectivity index (χ3v) is 7.84. The molecule has 5 rings (SSSR count). The minimum Gasteiger partial charge on any atom is -0.462 e. The molecule has 1 aromatic carbocycles. The number of fused-ring (bicyclic) bond motifs is 2. The van der Waals surface area contributed by atoms with Crippen LogP contribution in [0.4, 0.5) is 18.2 Å². The highest BCUT2D eigenvalue weighted by atomic mass is 35.5. The topological polar surface area (TPSA) is 85.6 Å². The van der Waals surface area contributed by atoms with E-state index in [0.29, 0.717) is 22.4 Å². The smallest absolute Gasteiger partial charge is 0.433 e. The van der Waals surface area contributed by atoms with E-state index in [1.807, 2.05) is 0 Å². The van der Waals surface area contributed by atoms with Crippen molar-refractivity contribution in [1.82, 2.24) is 14.6 Å². The summed E-state index contributed by atoms with van der Waals surface area (Å²) in [7, 11) is 0. The van der Waals surface area contributed by atoms with Gasteiger partial charge >= 0.3 is 12.1 Å². The molecule has 198 valence electrons. The van der Waals surface area contributed by atoms with E-state index in [4.69, 9.17) is 16.3 Å². The van der Waals surface area contributed by atoms with Crippen molar-refractivity contribution in [2.45, 2.75) is 39.3 Å². The molecule has 3 heterocycles. The Hall–Kier alpha value is -3.44. The Morgan fingerprint density at radius 2 is 2.00 bits per heavy atom. The summed E-state index contributed by atoms with van der Waals surface area (Å²) in [6.07, 6.45) is -2.50. The second-order valence-electron chi connectivity index (χ2n) is 9.02. The van der Waals surface area contributed by atoms with Crippen molar-refractivity contribution in [3.8, 4) is 11.3 Å². The molecule has 3 aromatic heterocycles. The number of aromatic nitrogens is 3. The van der Waals surface area contributed by atoms with Crippen LogP contribution >= 0.6 is 22.9 Å². The number of amides is 1. The molecule has 1 aliphatic carbocycles. The van der Waals surface area contributed by atoms with Crippen LogP contribution in [0.15, 0.2) is 36.4 Å². The lowest BCUT2D eigenvalue weighted by atomic mass is 9.88. The van der Waals surface area contributed by atoms with Crippen molar-refractivity contribution in [2.75, 3.05) is 11.9 Å². The Kier molecular flexibility index (Phi) is 6.91. The van der Waals surface area contributed by atoms with Crippen LogP contribution < -0.4 is 5.32 Å². The first-order valence-corrected chi connectivity index (χ1v) is 13.1. The van der Waals surface area contributed by atoms with Crippen LogP contribution in [-0.4, -0.2) is 33.1 Å². The molecule has 1 aliphatic rings. The summed E-state index contributed by atoms with van der Waals surface area (Å²) >= 11 is 7.67. The Balaban J connectivity index is 1.59. The van der Waals surface area contributed by atoms with E-state index in [2.05, 4.69) is 22.3 Å². The largest absolute Gasteiger partial charge is 0.462 e. The van der Waals surface area contributed by atoms with Crippen molar-refractivity contribution >= 4 is 45.5 Å². The van der Waals surface area contributed by atoms with Crippen LogP contribution in [0.2, 0.25) is 5.02 Å². The average Bonchev–Trinajstić information content (AvgIpc) is 3.40. The number of hydrogen-bond acceptors (Lipinski definition) is 6. The van der Waals surface area contributed by atoms with Crippen LogP contribution in [0, 0.1) is 5.92 Å². The predicted molar refractivity (Wildman–Crippen MR) is 138 cm³/mol. The molecule has 1 amide bonds. The number of hydrogen-bond donors (Lipinski definition) is 1. The third-order valence-electron chi connectivity index (χ3n) is 6.33. The normalized spacial score (nSPS) is 15.4. The van der Waals surface area contributed by atoms with Gasteiger partial charge < -0.3 is 10.1 Å². The molecule has 0 spiro atoms. The maximum absolute atomic E-state index is 14.0. The molecule has 0 saturated carbocycles. The van der Waals surface area contributed by atoms with Gasteiger partial charge in [-0.05, 0) is 43.7 Å². The maximum Gasteiger partial charge on any atom is 0.433 e. The lowest BCUT2D eigenvalue weighted by Gasteiger charge is -2.18. The van der Waals surface area contributed by atoms with E-state index in [9.17, 15) is 22.8 Å². The van der Waals surface area contributed by atoms with Crippen LogP contribution in [-0.2, 0) is 23.8 Å². The fourth-order valence-corrected chi connectivity index (χ4v) is 6.16. The van der Waals surface area contributed by atoms with Gasteiger partial charge in [-0.1, -0.05) is 48.9 Å². The summed E-state index contributed by atoms with van der Waals surface area (Å²) < 4.78 is 47.7. The van der Waals surface area contributed by atoms with E-state index in [0.717, 1.165) is 29.3 Å². The highest BCUT2D eigenvalue weighted by Crippen LogP contribution is 2.41. The number of ether oxygens (including phenoxy) is 1. The highest BCUT2D eigenvalue weighted by molar-refractivity contribution is 7.17. The number of nitrogens with zero attached hydrogens (tertiary/aromatic N) is 3. The molecule has 4 aromatic rings. The second kappa shape index (κ2) is 10.0. The Bertz CT molecular complexity index is 1550. The number of esters is 1. The summed E-state index contributed by atoms with van der Waals surface area (Å²) in [5.41, 5.74) is -0.302. The van der Waals surface area contributed by atoms with Crippen LogP contribution in [0.1, 0.15) is 57.2 Å². The standard InChI is InChI=1S/C26H22ClF3N4O3S/c1-3-37-25(36)19-15-10-9-13(2)11-17(15)38-24(19)32-23(35)21-20(27)22-31-16(14-7-5-4-6-8-14)12-18(26(28,29)30)34(22)33-21/h4-8,12-13H,3,9-11H2,1-2H3,(H,32,35)/t13-/m0/s1. The molecule has 1 atom stereocenters. The number of carbonyl (C=O) groups excluding carboxylic acids is 2. The van der Waals surface area contributed by atoms with Crippen molar-refractivity contribution in [3.63, 3.8) is 0 Å². The molecule has 7 nitrogen and oxygen atoms in total. The SMILES string of the molecule is CCOC(=O)c1c(NC(=O)c2nn3c(C(F)(F)F)cc(-c4ccccc4)nc3c2Cl)sc2c1CC[C@H](C)C2. The van der Waals surface area contributed by atoms with E-state index in [1.165, 1.54) is 11.3 Å². The van der Waals surface area contributed by atoms with Gasteiger partial charge in [-0.3, -0.25) is 4.79 Å². The Labute approximate surface area is 224 Å². The predicted octanol–water partition coefficient (Wildman–Crippen LogP) is 6.68. The van der Waals surface area contributed by atoms with Crippen molar-refractivity contribution in [3.05, 3.63) is 68.8 Å². The van der Waals surface area contributed by atoms with Gasteiger partial charge in [0, 0.05) is 10.4 Å². The van der Waals surface area contributed by atoms with Gasteiger partial charge in [-0.25, -0.2) is 14.3 Å². The first-order valence-electron chi connectivity index (χ1n) is 11.9. The molecule has 0 bridgehead atoms. The number of carbonyl (C=O) groups is 2. The van der Waals surface area contributed by atoms with E-state index >= 15 is 0 Å². The van der Waals surface area contributed by atoms with E-state index in [1.54, 1.807) is 37.3 Å². The highest BCUT2D eigenvalue weighted by Gasteiger charge is 2.37. The quantitative estimate of drug-likeness (QED) is 0.274. The Morgan fingerprint density at radius 1 is 1.26 bits per heavy atom. The van der Waals surface area contributed by atoms with Gasteiger partial charge in [0.25, 0.3) is 5.91 Å². The second-order valence-corrected chi connectivity index (χ2v) is 10.5. The summed E-state index contributed by atoms with van der Waals surface area (Å²) in [5, 5.41) is 6.47. The monoisotopic (exact) mass is 562 g/mol. The first-order chi connectivity index (χ1) is 18.1. The molecule has 0 saturated heterocycles. The molecule has 38 heavy (non-hydrogen) atoms. The summed E-state index contributed by atoms with van der Waals surface area (Å²) in [4.78, 5) is 31.3. The number of halogens is 4.